The van der Waals surface area contributed by atoms with Crippen LogP contribution in [-0.2, 0) is 24.9 Å². The van der Waals surface area contributed by atoms with Crippen LogP contribution in [0, 0.1) is 0 Å². The number of aryl methyl sites for hydroxylation is 1. The lowest BCUT2D eigenvalue weighted by atomic mass is 10.2. The van der Waals surface area contributed by atoms with Gasteiger partial charge in [-0.2, -0.15) is 5.10 Å². The number of hydrogen-bond acceptors (Lipinski definition) is 5. The number of aromatic nitrogens is 2. The Balaban J connectivity index is 2.13. The van der Waals surface area contributed by atoms with Gasteiger partial charge in [0.15, 0.2) is 0 Å². The van der Waals surface area contributed by atoms with E-state index in [-0.39, 0.29) is 5.97 Å². The lowest BCUT2D eigenvalue weighted by molar-refractivity contribution is 0.0523. The molecule has 0 aromatic carbocycles. The second-order valence-corrected chi connectivity index (χ2v) is 4.73. The molecule has 0 radical (unpaired) electrons. The van der Waals surface area contributed by atoms with Gasteiger partial charge in [0.2, 0.25) is 0 Å². The summed E-state index contributed by atoms with van der Waals surface area (Å²) in [5.41, 5.74) is 1.37. The van der Waals surface area contributed by atoms with Crippen LogP contribution in [0.5, 0.6) is 0 Å². The average Bonchev–Trinajstić information content (AvgIpc) is 3.09. The summed E-state index contributed by atoms with van der Waals surface area (Å²) in [5.74, 6) is 0.575. The summed E-state index contributed by atoms with van der Waals surface area (Å²) in [6.45, 7) is 6.37. The highest BCUT2D eigenvalue weighted by Crippen LogP contribution is 2.14. The van der Waals surface area contributed by atoms with Gasteiger partial charge in [-0.05, 0) is 25.6 Å². The summed E-state index contributed by atoms with van der Waals surface area (Å²) >= 11 is 0. The van der Waals surface area contributed by atoms with E-state index in [2.05, 4.69) is 16.9 Å². The summed E-state index contributed by atoms with van der Waals surface area (Å²) in [4.78, 5) is 14.1. The van der Waals surface area contributed by atoms with Gasteiger partial charge in [0.25, 0.3) is 0 Å². The molecule has 6 nitrogen and oxygen atoms in total. The Hall–Kier alpha value is -2.08. The van der Waals surface area contributed by atoms with Gasteiger partial charge >= 0.3 is 5.97 Å². The molecule has 2 rings (SSSR count). The van der Waals surface area contributed by atoms with Gasteiger partial charge in [0.05, 0.1) is 31.3 Å². The zero-order chi connectivity index (χ0) is 15.2. The highest BCUT2D eigenvalue weighted by Gasteiger charge is 2.19. The maximum atomic E-state index is 12.0. The molecule has 114 valence electrons. The first-order valence-electron chi connectivity index (χ1n) is 7.08. The van der Waals surface area contributed by atoms with Gasteiger partial charge in [-0.25, -0.2) is 4.79 Å². The number of nitrogens with zero attached hydrogens (tertiary/aromatic N) is 3. The van der Waals surface area contributed by atoms with Gasteiger partial charge in [-0.15, -0.1) is 0 Å². The van der Waals surface area contributed by atoms with Gasteiger partial charge in [0, 0.05) is 13.6 Å². The van der Waals surface area contributed by atoms with Crippen molar-refractivity contribution in [3.63, 3.8) is 0 Å². The summed E-state index contributed by atoms with van der Waals surface area (Å²) < 4.78 is 12.2. The molecule has 0 spiro atoms. The van der Waals surface area contributed by atoms with Crippen LogP contribution in [0.3, 0.4) is 0 Å². The highest BCUT2D eigenvalue weighted by atomic mass is 16.5. The minimum absolute atomic E-state index is 0.324. The lowest BCUT2D eigenvalue weighted by Gasteiger charge is -2.19. The Bertz CT molecular complexity index is 575. The standard InChI is InChI=1S/C15H21N3O3/c1-4-18(10-12-7-6-8-21-12)11-14-13(9-16-17(14)3)15(19)20-5-2/h6-9H,4-5,10-11H2,1-3H3. The molecule has 0 fully saturated rings. The van der Waals surface area contributed by atoms with Crippen LogP contribution in [0.4, 0.5) is 0 Å². The fraction of sp³-hybridized carbons (Fsp3) is 0.467. The van der Waals surface area contributed by atoms with E-state index in [0.717, 1.165) is 18.0 Å². The first-order valence-corrected chi connectivity index (χ1v) is 7.08. The highest BCUT2D eigenvalue weighted by molar-refractivity contribution is 5.90. The van der Waals surface area contributed by atoms with Gasteiger partial charge in [0.1, 0.15) is 11.3 Å². The molecular formula is C15H21N3O3. The van der Waals surface area contributed by atoms with Gasteiger partial charge < -0.3 is 9.15 Å². The van der Waals surface area contributed by atoms with Crippen molar-refractivity contribution in [1.29, 1.82) is 0 Å². The van der Waals surface area contributed by atoms with Crippen LogP contribution in [0.25, 0.3) is 0 Å². The molecule has 2 aromatic heterocycles. The van der Waals surface area contributed by atoms with Crippen molar-refractivity contribution in [1.82, 2.24) is 14.7 Å². The van der Waals surface area contributed by atoms with Crippen molar-refractivity contribution >= 4 is 5.97 Å². The monoisotopic (exact) mass is 291 g/mol. The summed E-state index contributed by atoms with van der Waals surface area (Å²) in [6, 6.07) is 3.81. The van der Waals surface area contributed by atoms with Crippen LogP contribution in [-0.4, -0.2) is 33.8 Å². The lowest BCUT2D eigenvalue weighted by Crippen LogP contribution is -2.25. The molecule has 0 atom stereocenters. The van der Waals surface area contributed by atoms with Crippen molar-refractivity contribution in [2.45, 2.75) is 26.9 Å². The third-order valence-electron chi connectivity index (χ3n) is 3.34. The van der Waals surface area contributed by atoms with E-state index in [0.29, 0.717) is 25.3 Å². The molecule has 0 saturated carbocycles. The Labute approximate surface area is 124 Å². The van der Waals surface area contributed by atoms with E-state index < -0.39 is 0 Å². The zero-order valence-corrected chi connectivity index (χ0v) is 12.7. The number of rotatable bonds is 7. The maximum Gasteiger partial charge on any atom is 0.341 e. The Morgan fingerprint density at radius 1 is 1.43 bits per heavy atom. The van der Waals surface area contributed by atoms with E-state index >= 15 is 0 Å². The van der Waals surface area contributed by atoms with Crippen LogP contribution < -0.4 is 0 Å². The topological polar surface area (TPSA) is 60.5 Å². The van der Waals surface area contributed by atoms with Crippen molar-refractivity contribution in [3.05, 3.63) is 41.6 Å². The Morgan fingerprint density at radius 3 is 2.86 bits per heavy atom. The smallest absolute Gasteiger partial charge is 0.341 e. The number of ether oxygens (including phenoxy) is 1. The third kappa shape index (κ3) is 3.72. The van der Waals surface area contributed by atoms with E-state index in [9.17, 15) is 4.79 Å². The van der Waals surface area contributed by atoms with Crippen molar-refractivity contribution in [3.8, 4) is 0 Å². The van der Waals surface area contributed by atoms with Gasteiger partial charge in [-0.1, -0.05) is 6.92 Å². The quantitative estimate of drug-likeness (QED) is 0.732. The minimum atomic E-state index is -0.324. The first-order chi connectivity index (χ1) is 10.2. The molecule has 0 N–H and O–H groups in total. The summed E-state index contributed by atoms with van der Waals surface area (Å²) in [7, 11) is 1.83. The predicted octanol–water partition coefficient (Wildman–Crippen LogP) is 2.21. The van der Waals surface area contributed by atoms with Crippen LogP contribution in [0.2, 0.25) is 0 Å². The molecule has 0 amide bonds. The fourth-order valence-corrected chi connectivity index (χ4v) is 2.14. The van der Waals surface area contributed by atoms with E-state index in [1.54, 1.807) is 24.1 Å². The molecule has 2 heterocycles. The SMILES string of the molecule is CCOC(=O)c1cnn(C)c1CN(CC)Cc1ccco1. The molecule has 0 aliphatic heterocycles. The van der Waals surface area contributed by atoms with E-state index in [1.165, 1.54) is 0 Å². The third-order valence-corrected chi connectivity index (χ3v) is 3.34. The predicted molar refractivity (Wildman–Crippen MR) is 77.7 cm³/mol. The second-order valence-electron chi connectivity index (χ2n) is 4.73. The minimum Gasteiger partial charge on any atom is -0.468 e. The molecule has 0 bridgehead atoms. The molecule has 0 aliphatic carbocycles. The number of carbonyl (C=O) groups excluding carboxylic acids is 1. The number of esters is 1. The fourth-order valence-electron chi connectivity index (χ4n) is 2.14. The number of carbonyl (C=O) groups is 1. The Morgan fingerprint density at radius 2 is 2.24 bits per heavy atom. The zero-order valence-electron chi connectivity index (χ0n) is 12.7. The maximum absolute atomic E-state index is 12.0. The van der Waals surface area contributed by atoms with Crippen molar-refractivity contribution in [2.75, 3.05) is 13.2 Å². The normalized spacial score (nSPS) is 11.0. The molecule has 6 heteroatoms. The van der Waals surface area contributed by atoms with Gasteiger partial charge in [-0.3, -0.25) is 9.58 Å². The van der Waals surface area contributed by atoms with E-state index in [1.807, 2.05) is 19.2 Å². The molecule has 0 saturated heterocycles. The average molecular weight is 291 g/mol. The molecule has 2 aromatic rings. The second kappa shape index (κ2) is 7.08. The van der Waals surface area contributed by atoms with E-state index in [4.69, 9.17) is 9.15 Å². The molecular weight excluding hydrogens is 270 g/mol. The number of furan rings is 1. The number of hydrogen-bond donors (Lipinski definition) is 0. The largest absolute Gasteiger partial charge is 0.468 e. The summed E-state index contributed by atoms with van der Waals surface area (Å²) in [5, 5.41) is 4.17. The van der Waals surface area contributed by atoms with Crippen LogP contribution >= 0.6 is 0 Å². The molecule has 21 heavy (non-hydrogen) atoms. The Kier molecular flexibility index (Phi) is 5.16. The molecule has 0 aliphatic rings. The van der Waals surface area contributed by atoms with Crippen molar-refractivity contribution < 1.29 is 13.9 Å². The van der Waals surface area contributed by atoms with Crippen LogP contribution in [0.1, 0.15) is 35.7 Å². The molecule has 0 unspecified atom stereocenters. The van der Waals surface area contributed by atoms with Crippen molar-refractivity contribution in [2.24, 2.45) is 7.05 Å². The summed E-state index contributed by atoms with van der Waals surface area (Å²) in [6.07, 6.45) is 3.23. The first kappa shape index (κ1) is 15.3. The van der Waals surface area contributed by atoms with Crippen LogP contribution in [0.15, 0.2) is 29.0 Å².